The zero-order valence-electron chi connectivity index (χ0n) is 9.50. The second-order valence-electron chi connectivity index (χ2n) is 4.10. The standard InChI is InChI=1S/C12H17BrFNO/c1-8(5-9(2)16)15-7-10-6-11(13)3-4-12(10)14/h3-4,6,8-9,15-16H,5,7H2,1-2H3. The van der Waals surface area contributed by atoms with Crippen LogP contribution in [0.3, 0.4) is 0 Å². The van der Waals surface area contributed by atoms with Gasteiger partial charge in [-0.25, -0.2) is 4.39 Å². The van der Waals surface area contributed by atoms with E-state index in [1.807, 2.05) is 6.92 Å². The fourth-order valence-electron chi connectivity index (χ4n) is 1.56. The molecule has 1 aromatic rings. The third-order valence-corrected chi connectivity index (χ3v) is 2.84. The third kappa shape index (κ3) is 4.60. The highest BCUT2D eigenvalue weighted by Gasteiger charge is 2.07. The number of nitrogens with one attached hydrogen (secondary N) is 1. The Morgan fingerprint density at radius 2 is 2.12 bits per heavy atom. The van der Waals surface area contributed by atoms with Gasteiger partial charge in [-0.1, -0.05) is 15.9 Å². The van der Waals surface area contributed by atoms with Gasteiger partial charge in [0.2, 0.25) is 0 Å². The average molecular weight is 290 g/mol. The van der Waals surface area contributed by atoms with E-state index in [-0.39, 0.29) is 18.0 Å². The van der Waals surface area contributed by atoms with E-state index >= 15 is 0 Å². The molecule has 1 aromatic carbocycles. The van der Waals surface area contributed by atoms with Gasteiger partial charge in [-0.3, -0.25) is 0 Å². The maximum absolute atomic E-state index is 13.4. The third-order valence-electron chi connectivity index (χ3n) is 2.34. The molecule has 0 saturated heterocycles. The zero-order chi connectivity index (χ0) is 12.1. The quantitative estimate of drug-likeness (QED) is 0.874. The van der Waals surface area contributed by atoms with Crippen molar-refractivity contribution >= 4 is 15.9 Å². The van der Waals surface area contributed by atoms with Gasteiger partial charge in [0.1, 0.15) is 5.82 Å². The number of benzene rings is 1. The molecular formula is C12H17BrFNO. The number of hydrogen-bond donors (Lipinski definition) is 2. The highest BCUT2D eigenvalue weighted by Crippen LogP contribution is 2.15. The van der Waals surface area contributed by atoms with Crippen molar-refractivity contribution in [1.82, 2.24) is 5.32 Å². The Labute approximate surface area is 104 Å². The molecule has 0 aliphatic heterocycles. The van der Waals surface area contributed by atoms with Crippen molar-refractivity contribution in [3.05, 3.63) is 34.1 Å². The van der Waals surface area contributed by atoms with Gasteiger partial charge in [-0.15, -0.1) is 0 Å². The Balaban J connectivity index is 2.51. The number of aliphatic hydroxyl groups is 1. The fourth-order valence-corrected chi connectivity index (χ4v) is 1.97. The van der Waals surface area contributed by atoms with E-state index in [1.54, 1.807) is 19.1 Å². The predicted molar refractivity (Wildman–Crippen MR) is 66.7 cm³/mol. The largest absolute Gasteiger partial charge is 0.393 e. The summed E-state index contributed by atoms with van der Waals surface area (Å²) in [4.78, 5) is 0. The monoisotopic (exact) mass is 289 g/mol. The first kappa shape index (κ1) is 13.6. The van der Waals surface area contributed by atoms with E-state index in [0.29, 0.717) is 18.5 Å². The molecule has 2 nitrogen and oxygen atoms in total. The summed E-state index contributed by atoms with van der Waals surface area (Å²) in [6.45, 7) is 4.19. The van der Waals surface area contributed by atoms with Crippen molar-refractivity contribution in [2.45, 2.75) is 39.0 Å². The molecule has 2 unspecified atom stereocenters. The summed E-state index contributed by atoms with van der Waals surface area (Å²) < 4.78 is 14.2. The van der Waals surface area contributed by atoms with Gasteiger partial charge in [0.05, 0.1) is 6.10 Å². The van der Waals surface area contributed by atoms with E-state index in [2.05, 4.69) is 21.2 Å². The molecule has 0 bridgehead atoms. The van der Waals surface area contributed by atoms with E-state index in [0.717, 1.165) is 4.47 Å². The Kier molecular flexibility index (Phi) is 5.38. The van der Waals surface area contributed by atoms with E-state index in [1.165, 1.54) is 6.07 Å². The fraction of sp³-hybridized carbons (Fsp3) is 0.500. The lowest BCUT2D eigenvalue weighted by Gasteiger charge is -2.15. The van der Waals surface area contributed by atoms with Crippen molar-refractivity contribution in [2.75, 3.05) is 0 Å². The van der Waals surface area contributed by atoms with Gasteiger partial charge in [-0.2, -0.15) is 0 Å². The minimum absolute atomic E-state index is 0.165. The molecule has 1 rings (SSSR count). The molecule has 4 heteroatoms. The van der Waals surface area contributed by atoms with E-state index in [4.69, 9.17) is 0 Å². The van der Waals surface area contributed by atoms with E-state index < -0.39 is 0 Å². The van der Waals surface area contributed by atoms with Crippen LogP contribution in [0.4, 0.5) is 4.39 Å². The zero-order valence-corrected chi connectivity index (χ0v) is 11.1. The summed E-state index contributed by atoms with van der Waals surface area (Å²) in [7, 11) is 0. The summed E-state index contributed by atoms with van der Waals surface area (Å²) in [5, 5.41) is 12.4. The molecule has 2 N–H and O–H groups in total. The summed E-state index contributed by atoms with van der Waals surface area (Å²) >= 11 is 3.31. The van der Waals surface area contributed by atoms with Crippen LogP contribution in [0.25, 0.3) is 0 Å². The molecule has 0 saturated carbocycles. The Bertz CT molecular complexity index is 344. The minimum atomic E-state index is -0.338. The lowest BCUT2D eigenvalue weighted by Crippen LogP contribution is -2.29. The van der Waals surface area contributed by atoms with E-state index in [9.17, 15) is 9.50 Å². The molecule has 2 atom stereocenters. The van der Waals surface area contributed by atoms with Crippen molar-refractivity contribution in [3.8, 4) is 0 Å². The Morgan fingerprint density at radius 1 is 1.44 bits per heavy atom. The smallest absolute Gasteiger partial charge is 0.127 e. The first-order valence-corrected chi connectivity index (χ1v) is 6.13. The number of rotatable bonds is 5. The van der Waals surface area contributed by atoms with Crippen LogP contribution in [0.1, 0.15) is 25.8 Å². The maximum atomic E-state index is 13.4. The number of halogens is 2. The second-order valence-corrected chi connectivity index (χ2v) is 5.02. The summed E-state index contributed by atoms with van der Waals surface area (Å²) in [5.41, 5.74) is 0.631. The van der Waals surface area contributed by atoms with Crippen LogP contribution in [-0.4, -0.2) is 17.3 Å². The van der Waals surface area contributed by atoms with Crippen LogP contribution < -0.4 is 5.32 Å². The first-order valence-electron chi connectivity index (χ1n) is 5.34. The summed E-state index contributed by atoms with van der Waals surface area (Å²) in [6, 6.07) is 5.05. The van der Waals surface area contributed by atoms with Crippen molar-refractivity contribution in [3.63, 3.8) is 0 Å². The normalized spacial score (nSPS) is 14.8. The molecule has 0 fully saturated rings. The van der Waals surface area contributed by atoms with Crippen LogP contribution >= 0.6 is 15.9 Å². The van der Waals surface area contributed by atoms with Gasteiger partial charge in [0, 0.05) is 22.6 Å². The van der Waals surface area contributed by atoms with Crippen molar-refractivity contribution < 1.29 is 9.50 Å². The molecule has 0 aromatic heterocycles. The highest BCUT2D eigenvalue weighted by atomic mass is 79.9. The Morgan fingerprint density at radius 3 is 2.75 bits per heavy atom. The summed E-state index contributed by atoms with van der Waals surface area (Å²) in [5.74, 6) is -0.208. The predicted octanol–water partition coefficient (Wildman–Crippen LogP) is 2.84. The van der Waals surface area contributed by atoms with Crippen LogP contribution in [0.15, 0.2) is 22.7 Å². The number of aliphatic hydroxyl groups excluding tert-OH is 1. The van der Waals surface area contributed by atoms with Crippen LogP contribution in [-0.2, 0) is 6.54 Å². The minimum Gasteiger partial charge on any atom is -0.393 e. The molecule has 0 spiro atoms. The topological polar surface area (TPSA) is 32.3 Å². The molecule has 90 valence electrons. The lowest BCUT2D eigenvalue weighted by atomic mass is 10.1. The lowest BCUT2D eigenvalue weighted by molar-refractivity contribution is 0.170. The molecule has 0 amide bonds. The number of hydrogen-bond acceptors (Lipinski definition) is 2. The van der Waals surface area contributed by atoms with Crippen LogP contribution in [0.2, 0.25) is 0 Å². The van der Waals surface area contributed by atoms with Gasteiger partial charge in [0.15, 0.2) is 0 Å². The van der Waals surface area contributed by atoms with Crippen molar-refractivity contribution in [1.29, 1.82) is 0 Å². The van der Waals surface area contributed by atoms with Crippen molar-refractivity contribution in [2.24, 2.45) is 0 Å². The molecule has 0 radical (unpaired) electrons. The first-order chi connectivity index (χ1) is 7.49. The average Bonchev–Trinajstić information content (AvgIpc) is 2.18. The molecule has 16 heavy (non-hydrogen) atoms. The molecule has 0 aliphatic rings. The Hall–Kier alpha value is -0.450. The van der Waals surface area contributed by atoms with Gasteiger partial charge in [0.25, 0.3) is 0 Å². The second kappa shape index (κ2) is 6.33. The van der Waals surface area contributed by atoms with Gasteiger partial charge >= 0.3 is 0 Å². The molecule has 0 aliphatic carbocycles. The van der Waals surface area contributed by atoms with Crippen LogP contribution in [0, 0.1) is 5.82 Å². The van der Waals surface area contributed by atoms with Gasteiger partial charge < -0.3 is 10.4 Å². The molecular weight excluding hydrogens is 273 g/mol. The SMILES string of the molecule is CC(O)CC(C)NCc1cc(Br)ccc1F. The maximum Gasteiger partial charge on any atom is 0.127 e. The molecule has 0 heterocycles. The highest BCUT2D eigenvalue weighted by molar-refractivity contribution is 9.10. The van der Waals surface area contributed by atoms with Crippen LogP contribution in [0.5, 0.6) is 0 Å². The summed E-state index contributed by atoms with van der Waals surface area (Å²) in [6.07, 6.45) is 0.324. The van der Waals surface area contributed by atoms with Gasteiger partial charge in [-0.05, 0) is 38.5 Å².